The fourth-order valence-electron chi connectivity index (χ4n) is 2.83. The molecule has 0 spiro atoms. The smallest absolute Gasteiger partial charge is 0.233 e. The third kappa shape index (κ3) is 2.87. The predicted molar refractivity (Wildman–Crippen MR) is 82.3 cm³/mol. The van der Waals surface area contributed by atoms with Gasteiger partial charge in [0.1, 0.15) is 11.5 Å². The molecule has 1 saturated carbocycles. The molecule has 1 amide bonds. The van der Waals surface area contributed by atoms with Crippen molar-refractivity contribution in [2.75, 3.05) is 0 Å². The molecule has 5 heteroatoms. The lowest BCUT2D eigenvalue weighted by Gasteiger charge is -2.35. The molecule has 0 radical (unpaired) electrons. The Morgan fingerprint density at radius 3 is 2.55 bits per heavy atom. The second-order valence-electron chi connectivity index (χ2n) is 5.65. The highest BCUT2D eigenvalue weighted by Crippen LogP contribution is 2.37. The van der Waals surface area contributed by atoms with Crippen LogP contribution in [-0.4, -0.2) is 10.9 Å². The first-order chi connectivity index (χ1) is 9.45. The lowest BCUT2D eigenvalue weighted by atomic mass is 9.73. The van der Waals surface area contributed by atoms with Crippen LogP contribution in [0.5, 0.6) is 0 Å². The van der Waals surface area contributed by atoms with Gasteiger partial charge in [0.25, 0.3) is 0 Å². The number of rotatable bonds is 4. The Morgan fingerprint density at radius 1 is 1.40 bits per heavy atom. The van der Waals surface area contributed by atoms with Gasteiger partial charge >= 0.3 is 0 Å². The number of hydrogen-bond donors (Lipinski definition) is 2. The van der Waals surface area contributed by atoms with Crippen molar-refractivity contribution in [1.29, 1.82) is 0 Å². The van der Waals surface area contributed by atoms with Gasteiger partial charge in [-0.2, -0.15) is 0 Å². The molecule has 2 rings (SSSR count). The van der Waals surface area contributed by atoms with E-state index in [1.165, 1.54) is 0 Å². The van der Waals surface area contributed by atoms with E-state index in [-0.39, 0.29) is 11.9 Å². The van der Waals surface area contributed by atoms with Crippen molar-refractivity contribution < 1.29 is 9.21 Å². The van der Waals surface area contributed by atoms with Crippen molar-refractivity contribution in [3.05, 3.63) is 23.7 Å². The molecule has 1 aliphatic carbocycles. The van der Waals surface area contributed by atoms with Crippen LogP contribution in [0.25, 0.3) is 0 Å². The number of furan rings is 1. The summed E-state index contributed by atoms with van der Waals surface area (Å²) in [5.41, 5.74) is 5.19. The van der Waals surface area contributed by atoms with E-state index in [1.54, 1.807) is 0 Å². The molecule has 4 nitrogen and oxygen atoms in total. The fraction of sp³-hybridized carbons (Fsp3) is 0.600. The summed E-state index contributed by atoms with van der Waals surface area (Å²) in [6.07, 6.45) is 4.64. The van der Waals surface area contributed by atoms with E-state index in [2.05, 4.69) is 5.32 Å². The van der Waals surface area contributed by atoms with Crippen molar-refractivity contribution in [3.63, 3.8) is 0 Å². The Hall–Kier alpha value is -1.36. The molecule has 0 saturated heterocycles. The number of carbonyl (C=O) groups is 1. The van der Waals surface area contributed by atoms with Crippen LogP contribution in [0.3, 0.4) is 0 Å². The van der Waals surface area contributed by atoms with E-state index in [0.29, 0.717) is 4.99 Å². The third-order valence-electron chi connectivity index (χ3n) is 4.15. The van der Waals surface area contributed by atoms with Crippen LogP contribution in [0.2, 0.25) is 0 Å². The second-order valence-corrected chi connectivity index (χ2v) is 6.09. The maximum absolute atomic E-state index is 12.6. The summed E-state index contributed by atoms with van der Waals surface area (Å²) in [6.45, 7) is 3.79. The normalized spacial score (nSPS) is 19.3. The SMILES string of the molecule is Cc1ccc(C(C)NC(=O)C2(C(N)=S)CCCCC2)o1. The number of amides is 1. The number of carbonyl (C=O) groups excluding carboxylic acids is 1. The van der Waals surface area contributed by atoms with E-state index < -0.39 is 5.41 Å². The molecule has 1 atom stereocenters. The largest absolute Gasteiger partial charge is 0.464 e. The summed E-state index contributed by atoms with van der Waals surface area (Å²) >= 11 is 5.17. The number of hydrogen-bond acceptors (Lipinski definition) is 3. The Morgan fingerprint density at radius 2 is 2.05 bits per heavy atom. The van der Waals surface area contributed by atoms with Crippen LogP contribution in [0.4, 0.5) is 0 Å². The molecule has 1 aromatic rings. The standard InChI is InChI=1S/C15H22N2O2S/c1-10-6-7-12(19-10)11(2)17-14(18)15(13(16)20)8-4-3-5-9-15/h6-7,11H,3-5,8-9H2,1-2H3,(H2,16,20)(H,17,18). The summed E-state index contributed by atoms with van der Waals surface area (Å²) in [7, 11) is 0. The molecule has 1 aromatic heterocycles. The monoisotopic (exact) mass is 294 g/mol. The van der Waals surface area contributed by atoms with E-state index >= 15 is 0 Å². The average molecular weight is 294 g/mol. The molecular weight excluding hydrogens is 272 g/mol. The van der Waals surface area contributed by atoms with Crippen molar-refractivity contribution in [3.8, 4) is 0 Å². The summed E-state index contributed by atoms with van der Waals surface area (Å²) in [5, 5.41) is 3.00. The number of nitrogens with two attached hydrogens (primary N) is 1. The van der Waals surface area contributed by atoms with Gasteiger partial charge in [-0.15, -0.1) is 0 Å². The highest BCUT2D eigenvalue weighted by molar-refractivity contribution is 7.80. The van der Waals surface area contributed by atoms with Gasteiger partial charge in [0, 0.05) is 0 Å². The lowest BCUT2D eigenvalue weighted by Crippen LogP contribution is -2.50. The maximum Gasteiger partial charge on any atom is 0.233 e. The van der Waals surface area contributed by atoms with E-state index in [9.17, 15) is 4.79 Å². The first-order valence-corrected chi connectivity index (χ1v) is 7.54. The molecular formula is C15H22N2O2S. The summed E-state index contributed by atoms with van der Waals surface area (Å²) < 4.78 is 5.55. The highest BCUT2D eigenvalue weighted by atomic mass is 32.1. The number of thiocarbonyl (C=S) groups is 1. The summed E-state index contributed by atoms with van der Waals surface area (Å²) in [4.78, 5) is 12.9. The molecule has 1 heterocycles. The molecule has 110 valence electrons. The van der Waals surface area contributed by atoms with Gasteiger partial charge in [-0.1, -0.05) is 31.5 Å². The van der Waals surface area contributed by atoms with Crippen molar-refractivity contribution in [2.45, 2.75) is 52.0 Å². The minimum absolute atomic E-state index is 0.0637. The summed E-state index contributed by atoms with van der Waals surface area (Å²) in [5.74, 6) is 1.53. The zero-order chi connectivity index (χ0) is 14.8. The third-order valence-corrected chi connectivity index (χ3v) is 4.54. The first kappa shape index (κ1) is 15.0. The Balaban J connectivity index is 2.11. The van der Waals surface area contributed by atoms with Crippen molar-refractivity contribution in [2.24, 2.45) is 11.1 Å². The Kier molecular flexibility index (Phi) is 4.48. The predicted octanol–water partition coefficient (Wildman–Crippen LogP) is 3.00. The lowest BCUT2D eigenvalue weighted by molar-refractivity contribution is -0.129. The topological polar surface area (TPSA) is 68.3 Å². The fourth-order valence-corrected chi connectivity index (χ4v) is 3.13. The average Bonchev–Trinajstić information content (AvgIpc) is 2.86. The van der Waals surface area contributed by atoms with Crippen LogP contribution in [-0.2, 0) is 4.79 Å². The van der Waals surface area contributed by atoms with Gasteiger partial charge in [0.05, 0.1) is 16.4 Å². The van der Waals surface area contributed by atoms with Gasteiger partial charge < -0.3 is 15.5 Å². The molecule has 1 fully saturated rings. The molecule has 1 aliphatic rings. The first-order valence-electron chi connectivity index (χ1n) is 7.13. The zero-order valence-corrected chi connectivity index (χ0v) is 12.9. The Labute approximate surface area is 125 Å². The van der Waals surface area contributed by atoms with Crippen LogP contribution in [0.1, 0.15) is 56.6 Å². The molecule has 0 aromatic carbocycles. The van der Waals surface area contributed by atoms with Crippen molar-refractivity contribution >= 4 is 23.1 Å². The van der Waals surface area contributed by atoms with Gasteiger partial charge in [-0.3, -0.25) is 4.79 Å². The van der Waals surface area contributed by atoms with Gasteiger partial charge in [-0.05, 0) is 38.8 Å². The van der Waals surface area contributed by atoms with E-state index in [4.69, 9.17) is 22.4 Å². The minimum Gasteiger partial charge on any atom is -0.464 e. The van der Waals surface area contributed by atoms with Crippen LogP contribution in [0, 0.1) is 12.3 Å². The van der Waals surface area contributed by atoms with Crippen LogP contribution < -0.4 is 11.1 Å². The molecule has 1 unspecified atom stereocenters. The number of nitrogens with one attached hydrogen (secondary N) is 1. The second kappa shape index (κ2) is 5.95. The quantitative estimate of drug-likeness (QED) is 0.838. The highest BCUT2D eigenvalue weighted by Gasteiger charge is 2.42. The summed E-state index contributed by atoms with van der Waals surface area (Å²) in [6, 6.07) is 3.60. The van der Waals surface area contributed by atoms with Crippen molar-refractivity contribution in [1.82, 2.24) is 5.32 Å². The van der Waals surface area contributed by atoms with Gasteiger partial charge in [0.15, 0.2) is 0 Å². The minimum atomic E-state index is -0.677. The number of aryl methyl sites for hydroxylation is 1. The zero-order valence-electron chi connectivity index (χ0n) is 12.1. The Bertz CT molecular complexity index is 504. The molecule has 0 aliphatic heterocycles. The molecule has 20 heavy (non-hydrogen) atoms. The molecule has 0 bridgehead atoms. The van der Waals surface area contributed by atoms with E-state index in [0.717, 1.165) is 43.6 Å². The van der Waals surface area contributed by atoms with E-state index in [1.807, 2.05) is 26.0 Å². The van der Waals surface area contributed by atoms with Crippen LogP contribution >= 0.6 is 12.2 Å². The molecule has 3 N–H and O–H groups in total. The van der Waals surface area contributed by atoms with Gasteiger partial charge in [-0.25, -0.2) is 0 Å². The maximum atomic E-state index is 12.6. The van der Waals surface area contributed by atoms with Gasteiger partial charge in [0.2, 0.25) is 5.91 Å². The van der Waals surface area contributed by atoms with Crippen LogP contribution in [0.15, 0.2) is 16.5 Å².